The van der Waals surface area contributed by atoms with Gasteiger partial charge in [-0.15, -0.1) is 11.3 Å². The molecule has 2 aromatic rings. The highest BCUT2D eigenvalue weighted by Gasteiger charge is 2.10. The molecule has 5 heteroatoms. The Morgan fingerprint density at radius 3 is 2.89 bits per heavy atom. The summed E-state index contributed by atoms with van der Waals surface area (Å²) in [5, 5.41) is 2.03. The number of hydrogen-bond acceptors (Lipinski definition) is 4. The van der Waals surface area contributed by atoms with E-state index in [4.69, 9.17) is 10.5 Å². The number of thiophene rings is 1. The van der Waals surface area contributed by atoms with E-state index in [1.54, 1.807) is 36.6 Å². The standard InChI is InChI=1S/C13H15NO2S2/c1-16-10-4-5-12(14)13(9-10)18(15)8-6-11-3-2-7-17-11/h2-5,7,9H,6,8,14H2,1H3. The van der Waals surface area contributed by atoms with E-state index in [9.17, 15) is 4.21 Å². The molecule has 1 aromatic heterocycles. The van der Waals surface area contributed by atoms with Crippen molar-refractivity contribution in [2.75, 3.05) is 18.6 Å². The molecule has 1 heterocycles. The van der Waals surface area contributed by atoms with Crippen LogP contribution in [0.2, 0.25) is 0 Å². The molecule has 0 aliphatic rings. The second-order valence-electron chi connectivity index (χ2n) is 3.78. The Labute approximate surface area is 113 Å². The topological polar surface area (TPSA) is 52.3 Å². The summed E-state index contributed by atoms with van der Waals surface area (Å²) in [6.45, 7) is 0. The van der Waals surface area contributed by atoms with Crippen molar-refractivity contribution in [2.45, 2.75) is 11.3 Å². The smallest absolute Gasteiger partial charge is 0.120 e. The summed E-state index contributed by atoms with van der Waals surface area (Å²) >= 11 is 1.68. The zero-order chi connectivity index (χ0) is 13.0. The molecular formula is C13H15NO2S2. The Morgan fingerprint density at radius 2 is 2.22 bits per heavy atom. The first-order chi connectivity index (χ1) is 8.70. The van der Waals surface area contributed by atoms with Crippen molar-refractivity contribution in [2.24, 2.45) is 0 Å². The van der Waals surface area contributed by atoms with Gasteiger partial charge >= 0.3 is 0 Å². The molecule has 1 unspecified atom stereocenters. The van der Waals surface area contributed by atoms with Crippen molar-refractivity contribution in [3.05, 3.63) is 40.6 Å². The van der Waals surface area contributed by atoms with Crippen molar-refractivity contribution in [3.63, 3.8) is 0 Å². The van der Waals surface area contributed by atoms with Crippen LogP contribution in [0, 0.1) is 0 Å². The van der Waals surface area contributed by atoms with E-state index < -0.39 is 10.8 Å². The van der Waals surface area contributed by atoms with Crippen LogP contribution in [0.4, 0.5) is 5.69 Å². The van der Waals surface area contributed by atoms with Crippen molar-refractivity contribution in [1.29, 1.82) is 0 Å². The molecule has 18 heavy (non-hydrogen) atoms. The third kappa shape index (κ3) is 3.11. The zero-order valence-electron chi connectivity index (χ0n) is 10.1. The van der Waals surface area contributed by atoms with E-state index in [1.165, 1.54) is 4.88 Å². The molecule has 2 N–H and O–H groups in total. The molecule has 96 valence electrons. The SMILES string of the molecule is COc1ccc(N)c(S(=O)CCc2cccs2)c1. The van der Waals surface area contributed by atoms with Gasteiger partial charge in [0.1, 0.15) is 5.75 Å². The van der Waals surface area contributed by atoms with Gasteiger partial charge in [0.15, 0.2) is 0 Å². The molecule has 1 atom stereocenters. The number of hydrogen-bond donors (Lipinski definition) is 1. The Bertz CT molecular complexity index is 538. The summed E-state index contributed by atoms with van der Waals surface area (Å²) in [7, 11) is 0.497. The number of nitrogen functional groups attached to an aromatic ring is 1. The lowest BCUT2D eigenvalue weighted by atomic mass is 10.3. The van der Waals surface area contributed by atoms with Crippen molar-refractivity contribution in [1.82, 2.24) is 0 Å². The van der Waals surface area contributed by atoms with Crippen LogP contribution in [0.1, 0.15) is 4.88 Å². The van der Waals surface area contributed by atoms with Crippen molar-refractivity contribution in [3.8, 4) is 5.75 Å². The molecule has 0 spiro atoms. The second-order valence-corrected chi connectivity index (χ2v) is 6.35. The fraction of sp³-hybridized carbons (Fsp3) is 0.231. The van der Waals surface area contributed by atoms with Crippen molar-refractivity contribution >= 4 is 27.8 Å². The summed E-state index contributed by atoms with van der Waals surface area (Å²) in [4.78, 5) is 1.90. The van der Waals surface area contributed by atoms with Crippen LogP contribution in [0.25, 0.3) is 0 Å². The van der Waals surface area contributed by atoms with Gasteiger partial charge in [-0.3, -0.25) is 4.21 Å². The van der Waals surface area contributed by atoms with Gasteiger partial charge in [-0.1, -0.05) is 6.07 Å². The maximum atomic E-state index is 12.2. The summed E-state index contributed by atoms with van der Waals surface area (Å²) in [6.07, 6.45) is 0.806. The maximum absolute atomic E-state index is 12.2. The van der Waals surface area contributed by atoms with Crippen LogP contribution in [0.5, 0.6) is 5.75 Å². The zero-order valence-corrected chi connectivity index (χ0v) is 11.7. The average Bonchev–Trinajstić information content (AvgIpc) is 2.89. The Kier molecular flexibility index (Phi) is 4.38. The monoisotopic (exact) mass is 281 g/mol. The minimum absolute atomic E-state index is 0.556. The van der Waals surface area contributed by atoms with Gasteiger partial charge in [0, 0.05) is 16.3 Å². The second kappa shape index (κ2) is 6.02. The number of rotatable bonds is 5. The van der Waals surface area contributed by atoms with Crippen molar-refractivity contribution < 1.29 is 8.95 Å². The molecule has 0 aliphatic heterocycles. The molecule has 0 radical (unpaired) electrons. The third-order valence-electron chi connectivity index (χ3n) is 2.58. The fourth-order valence-electron chi connectivity index (χ4n) is 1.60. The molecule has 0 saturated carbocycles. The highest BCUT2D eigenvalue weighted by molar-refractivity contribution is 7.85. The molecule has 0 saturated heterocycles. The molecule has 0 aliphatic carbocycles. The van der Waals surface area contributed by atoms with Crippen LogP contribution in [-0.4, -0.2) is 17.1 Å². The quantitative estimate of drug-likeness (QED) is 0.857. The van der Waals surface area contributed by atoms with Gasteiger partial charge in [-0.2, -0.15) is 0 Å². The molecular weight excluding hydrogens is 266 g/mol. The van der Waals surface area contributed by atoms with Gasteiger partial charge in [-0.25, -0.2) is 0 Å². The number of benzene rings is 1. The molecule has 2 rings (SSSR count). The largest absolute Gasteiger partial charge is 0.497 e. The van der Waals surface area contributed by atoms with Crippen LogP contribution >= 0.6 is 11.3 Å². The number of nitrogens with two attached hydrogens (primary N) is 1. The Morgan fingerprint density at radius 1 is 1.39 bits per heavy atom. The van der Waals surface area contributed by atoms with E-state index in [0.717, 1.165) is 6.42 Å². The Hall–Kier alpha value is -1.33. The maximum Gasteiger partial charge on any atom is 0.120 e. The lowest BCUT2D eigenvalue weighted by Gasteiger charge is -2.07. The van der Waals surface area contributed by atoms with Crippen LogP contribution in [0.15, 0.2) is 40.6 Å². The lowest BCUT2D eigenvalue weighted by Crippen LogP contribution is -2.04. The van der Waals surface area contributed by atoms with Crippen LogP contribution in [-0.2, 0) is 17.2 Å². The van der Waals surface area contributed by atoms with Gasteiger partial charge in [0.05, 0.1) is 22.8 Å². The summed E-state index contributed by atoms with van der Waals surface area (Å²) < 4.78 is 17.3. The minimum atomic E-state index is -1.09. The Balaban J connectivity index is 2.08. The summed E-state index contributed by atoms with van der Waals surface area (Å²) in [6, 6.07) is 9.31. The first kappa shape index (κ1) is 13.1. The first-order valence-electron chi connectivity index (χ1n) is 5.55. The molecule has 0 bridgehead atoms. The summed E-state index contributed by atoms with van der Waals surface area (Å²) in [5.41, 5.74) is 6.40. The highest BCUT2D eigenvalue weighted by atomic mass is 32.2. The summed E-state index contributed by atoms with van der Waals surface area (Å²) in [5.74, 6) is 1.27. The van der Waals surface area contributed by atoms with E-state index in [1.807, 2.05) is 11.4 Å². The average molecular weight is 281 g/mol. The first-order valence-corrected chi connectivity index (χ1v) is 7.75. The van der Waals surface area contributed by atoms with Gasteiger partial charge < -0.3 is 10.5 Å². The number of methoxy groups -OCH3 is 1. The highest BCUT2D eigenvalue weighted by Crippen LogP contribution is 2.23. The number of aryl methyl sites for hydroxylation is 1. The van der Waals surface area contributed by atoms with Crippen LogP contribution in [0.3, 0.4) is 0 Å². The van der Waals surface area contributed by atoms with Gasteiger partial charge in [-0.05, 0) is 36.1 Å². The van der Waals surface area contributed by atoms with Crippen LogP contribution < -0.4 is 10.5 Å². The number of ether oxygens (including phenoxy) is 1. The lowest BCUT2D eigenvalue weighted by molar-refractivity contribution is 0.413. The minimum Gasteiger partial charge on any atom is -0.497 e. The molecule has 0 fully saturated rings. The third-order valence-corrected chi connectivity index (χ3v) is 4.94. The fourth-order valence-corrected chi connectivity index (χ4v) is 3.64. The predicted molar refractivity (Wildman–Crippen MR) is 76.7 cm³/mol. The predicted octanol–water partition coefficient (Wildman–Crippen LogP) is 2.69. The van der Waals surface area contributed by atoms with E-state index >= 15 is 0 Å². The molecule has 0 amide bonds. The van der Waals surface area contributed by atoms with Gasteiger partial charge in [0.25, 0.3) is 0 Å². The number of anilines is 1. The molecule has 3 nitrogen and oxygen atoms in total. The van der Waals surface area contributed by atoms with E-state index in [-0.39, 0.29) is 0 Å². The molecule has 1 aromatic carbocycles. The van der Waals surface area contributed by atoms with E-state index in [2.05, 4.69) is 6.07 Å². The normalized spacial score (nSPS) is 12.3. The van der Waals surface area contributed by atoms with Gasteiger partial charge in [0.2, 0.25) is 0 Å². The van der Waals surface area contributed by atoms with E-state index in [0.29, 0.717) is 22.1 Å².